The third-order valence-electron chi connectivity index (χ3n) is 2.37. The molecule has 0 aliphatic heterocycles. The van der Waals surface area contributed by atoms with E-state index < -0.39 is 16.4 Å². The molecule has 0 radical (unpaired) electrons. The fraction of sp³-hybridized carbons (Fsp3) is 0. The van der Waals surface area contributed by atoms with Crippen LogP contribution < -0.4 is 11.0 Å². The fourth-order valence-electron chi connectivity index (χ4n) is 1.41. The number of carbonyl (C=O) groups excluding carboxylic acids is 1. The summed E-state index contributed by atoms with van der Waals surface area (Å²) in [4.78, 5) is 32.5. The van der Waals surface area contributed by atoms with E-state index in [0.717, 1.165) is 6.07 Å². The van der Waals surface area contributed by atoms with Gasteiger partial charge in [-0.1, -0.05) is 12.1 Å². The zero-order valence-corrected chi connectivity index (χ0v) is 10.5. The molecule has 0 saturated heterocycles. The normalized spacial score (nSPS) is 10.5. The Hall–Kier alpha value is -3.36. The van der Waals surface area contributed by atoms with Crippen molar-refractivity contribution in [1.82, 2.24) is 15.6 Å². The Kier molecular flexibility index (Phi) is 4.14. The molecule has 0 fully saturated rings. The quantitative estimate of drug-likeness (QED) is 0.478. The van der Waals surface area contributed by atoms with E-state index in [0.29, 0.717) is 5.56 Å². The highest BCUT2D eigenvalue weighted by molar-refractivity contribution is 5.92. The van der Waals surface area contributed by atoms with Crippen molar-refractivity contribution in [3.63, 3.8) is 0 Å². The average molecular weight is 287 g/mol. The van der Waals surface area contributed by atoms with Crippen molar-refractivity contribution in [3.8, 4) is 0 Å². The van der Waals surface area contributed by atoms with Gasteiger partial charge in [-0.05, 0) is 6.07 Å². The summed E-state index contributed by atoms with van der Waals surface area (Å²) in [6, 6.07) is 8.17. The summed E-state index contributed by atoms with van der Waals surface area (Å²) >= 11 is 0. The summed E-state index contributed by atoms with van der Waals surface area (Å²) in [6.45, 7) is 0. The number of nitro benzene ring substituents is 1. The van der Waals surface area contributed by atoms with Crippen molar-refractivity contribution in [3.05, 3.63) is 68.1 Å². The zero-order valence-electron chi connectivity index (χ0n) is 10.5. The fourth-order valence-corrected chi connectivity index (χ4v) is 1.41. The van der Waals surface area contributed by atoms with E-state index in [1.807, 2.05) is 0 Å². The summed E-state index contributed by atoms with van der Waals surface area (Å²) in [7, 11) is 0. The van der Waals surface area contributed by atoms with E-state index in [-0.39, 0.29) is 11.4 Å². The van der Waals surface area contributed by atoms with Gasteiger partial charge in [0.25, 0.3) is 17.2 Å². The van der Waals surface area contributed by atoms with Gasteiger partial charge in [0, 0.05) is 23.8 Å². The number of amides is 1. The third-order valence-corrected chi connectivity index (χ3v) is 2.37. The molecule has 2 rings (SSSR count). The van der Waals surface area contributed by atoms with Gasteiger partial charge >= 0.3 is 0 Å². The van der Waals surface area contributed by atoms with Crippen LogP contribution in [0.1, 0.15) is 16.1 Å². The second kappa shape index (κ2) is 6.19. The molecule has 2 aromatic rings. The SMILES string of the molecule is O=C(NN=Cc1cccc([N+](=O)[O-])c1)c1ccc(=O)[nH]n1. The van der Waals surface area contributed by atoms with Gasteiger partial charge in [-0.15, -0.1) is 0 Å². The van der Waals surface area contributed by atoms with Crippen molar-refractivity contribution in [2.75, 3.05) is 0 Å². The summed E-state index contributed by atoms with van der Waals surface area (Å²) in [5.74, 6) is -0.618. The van der Waals surface area contributed by atoms with Gasteiger partial charge in [-0.2, -0.15) is 10.2 Å². The van der Waals surface area contributed by atoms with Crippen LogP contribution in [0, 0.1) is 10.1 Å². The van der Waals surface area contributed by atoms with Gasteiger partial charge in [-0.25, -0.2) is 10.5 Å². The Morgan fingerprint density at radius 1 is 1.38 bits per heavy atom. The third kappa shape index (κ3) is 3.80. The van der Waals surface area contributed by atoms with Crippen LogP contribution in [0.4, 0.5) is 5.69 Å². The van der Waals surface area contributed by atoms with Crippen molar-refractivity contribution >= 4 is 17.8 Å². The molecule has 1 heterocycles. The molecule has 0 aliphatic rings. The van der Waals surface area contributed by atoms with Crippen LogP contribution in [0.2, 0.25) is 0 Å². The predicted octanol–water partition coefficient (Wildman–Crippen LogP) is 0.442. The van der Waals surface area contributed by atoms with Crippen LogP contribution in [0.5, 0.6) is 0 Å². The first-order valence-electron chi connectivity index (χ1n) is 5.70. The first kappa shape index (κ1) is 14.1. The largest absolute Gasteiger partial charge is 0.291 e. The average Bonchev–Trinajstić information content (AvgIpc) is 2.48. The van der Waals surface area contributed by atoms with E-state index in [2.05, 4.69) is 20.7 Å². The maximum Gasteiger partial charge on any atom is 0.291 e. The lowest BCUT2D eigenvalue weighted by Crippen LogP contribution is -2.21. The lowest BCUT2D eigenvalue weighted by molar-refractivity contribution is -0.384. The van der Waals surface area contributed by atoms with Crippen molar-refractivity contribution in [2.24, 2.45) is 5.10 Å². The number of aromatic nitrogens is 2. The minimum atomic E-state index is -0.618. The van der Waals surface area contributed by atoms with E-state index in [1.54, 1.807) is 6.07 Å². The number of hydrazone groups is 1. The van der Waals surface area contributed by atoms with E-state index in [9.17, 15) is 19.7 Å². The highest BCUT2D eigenvalue weighted by Gasteiger charge is 2.06. The van der Waals surface area contributed by atoms with Gasteiger partial charge in [0.1, 0.15) is 0 Å². The smallest absolute Gasteiger partial charge is 0.268 e. The number of nitrogens with zero attached hydrogens (tertiary/aromatic N) is 3. The van der Waals surface area contributed by atoms with Crippen molar-refractivity contribution < 1.29 is 9.72 Å². The molecule has 1 amide bonds. The second-order valence-corrected chi connectivity index (χ2v) is 3.86. The van der Waals surface area contributed by atoms with Crippen LogP contribution in [0.15, 0.2) is 46.3 Å². The summed E-state index contributed by atoms with van der Waals surface area (Å²) in [5, 5.41) is 19.9. The minimum Gasteiger partial charge on any atom is -0.268 e. The van der Waals surface area contributed by atoms with Gasteiger partial charge < -0.3 is 0 Å². The number of hydrogen-bond acceptors (Lipinski definition) is 6. The maximum absolute atomic E-state index is 11.6. The Bertz CT molecular complexity index is 748. The molecule has 0 unspecified atom stereocenters. The second-order valence-electron chi connectivity index (χ2n) is 3.86. The molecule has 2 N–H and O–H groups in total. The predicted molar refractivity (Wildman–Crippen MR) is 73.0 cm³/mol. The number of nitrogens with one attached hydrogen (secondary N) is 2. The zero-order chi connectivity index (χ0) is 15.2. The highest BCUT2D eigenvalue weighted by Crippen LogP contribution is 2.11. The number of non-ortho nitro benzene ring substituents is 1. The topological polar surface area (TPSA) is 130 Å². The molecule has 1 aromatic carbocycles. The van der Waals surface area contributed by atoms with Gasteiger partial charge in [0.2, 0.25) is 0 Å². The number of aromatic amines is 1. The van der Waals surface area contributed by atoms with E-state index in [1.165, 1.54) is 30.5 Å². The first-order valence-corrected chi connectivity index (χ1v) is 5.70. The molecule has 106 valence electrons. The lowest BCUT2D eigenvalue weighted by atomic mass is 10.2. The first-order chi connectivity index (χ1) is 10.1. The van der Waals surface area contributed by atoms with Crippen LogP contribution in [-0.4, -0.2) is 27.2 Å². The molecule has 9 heteroatoms. The van der Waals surface area contributed by atoms with Gasteiger partial charge in [0.05, 0.1) is 11.1 Å². The maximum atomic E-state index is 11.6. The molecule has 0 atom stereocenters. The molecular weight excluding hydrogens is 278 g/mol. The van der Waals surface area contributed by atoms with Crippen LogP contribution >= 0.6 is 0 Å². The number of nitro groups is 1. The highest BCUT2D eigenvalue weighted by atomic mass is 16.6. The molecule has 21 heavy (non-hydrogen) atoms. The summed E-state index contributed by atoms with van der Waals surface area (Å²) < 4.78 is 0. The van der Waals surface area contributed by atoms with Crippen molar-refractivity contribution in [1.29, 1.82) is 0 Å². The standard InChI is InChI=1S/C12H9N5O4/c18-11-5-4-10(14-15-11)12(19)16-13-7-8-2-1-3-9(6-8)17(20)21/h1-7H,(H,15,18)(H,16,19). The van der Waals surface area contributed by atoms with Crippen LogP contribution in [0.3, 0.4) is 0 Å². The number of carbonyl (C=O) groups is 1. The van der Waals surface area contributed by atoms with Crippen LogP contribution in [-0.2, 0) is 0 Å². The van der Waals surface area contributed by atoms with Crippen LogP contribution in [0.25, 0.3) is 0 Å². The Morgan fingerprint density at radius 3 is 2.86 bits per heavy atom. The molecule has 0 spiro atoms. The van der Waals surface area contributed by atoms with Crippen molar-refractivity contribution in [2.45, 2.75) is 0 Å². The molecular formula is C12H9N5O4. The monoisotopic (exact) mass is 287 g/mol. The van der Waals surface area contributed by atoms with Gasteiger partial charge in [0.15, 0.2) is 5.69 Å². The Morgan fingerprint density at radius 2 is 2.19 bits per heavy atom. The molecule has 0 bridgehead atoms. The number of hydrogen-bond donors (Lipinski definition) is 2. The Balaban J connectivity index is 2.03. The summed E-state index contributed by atoms with van der Waals surface area (Å²) in [6.07, 6.45) is 1.26. The lowest BCUT2D eigenvalue weighted by Gasteiger charge is -1.97. The molecule has 0 saturated carbocycles. The molecule has 9 nitrogen and oxygen atoms in total. The van der Waals surface area contributed by atoms with E-state index >= 15 is 0 Å². The summed E-state index contributed by atoms with van der Waals surface area (Å²) in [5.41, 5.74) is 2.14. The molecule has 1 aromatic heterocycles. The number of rotatable bonds is 4. The van der Waals surface area contributed by atoms with Gasteiger partial charge in [-0.3, -0.25) is 19.7 Å². The Labute approximate surface area is 117 Å². The number of H-pyrrole nitrogens is 1. The van der Waals surface area contributed by atoms with E-state index in [4.69, 9.17) is 0 Å². The molecule has 0 aliphatic carbocycles. The minimum absolute atomic E-state index is 0.00853. The number of benzene rings is 1.